The smallest absolute Gasteiger partial charge is 0.463 e. The first kappa shape index (κ1) is 69.2. The largest absolute Gasteiger partial charge is 0.472 e. The van der Waals surface area contributed by atoms with Crippen molar-refractivity contribution in [1.29, 1.82) is 0 Å². The summed E-state index contributed by atoms with van der Waals surface area (Å²) in [5, 5.41) is 30.1. The third kappa shape index (κ3) is 52.1. The van der Waals surface area contributed by atoms with Crippen LogP contribution in [-0.2, 0) is 46.3 Å². The van der Waals surface area contributed by atoms with Gasteiger partial charge in [0.2, 0.25) is 0 Å². The van der Waals surface area contributed by atoms with Gasteiger partial charge in [-0.1, -0.05) is 214 Å². The lowest BCUT2D eigenvalue weighted by molar-refractivity contribution is -0.147. The standard InChI is InChI=1S/C55H96O15P2/c1-3-5-7-9-11-13-15-17-19-21-23-24-26-28-30-32-34-36-38-40-42-44-55(60)66-46-52(57)48-68-72(63,64)70-50-53(58)49-69-71(61,62)67-47-51(56)45-65-54(59)43-41-39-37-35-33-31-29-27-25-22-20-18-16-14-12-10-8-6-4-2/h5,7,11,13,17,19,23-24,28,30,34,36,40,42,51-53,56-58H,3-4,6,8-10,12,14-16,18,20-22,25-27,29,31-33,35,37-39,41,43-50H2,1-2H3,(H,61,62)(H,63,64)/b7-5-,13-11-,19-17-,24-23-,30-28-,36-34-,42-40-. The SMILES string of the molecule is CC/C=C\C/C=C\C/C=C\C/C=C\C/C=C\C/C=C\C/C=C\CC(=O)OCC(O)COP(=O)(O)OCC(O)COP(=O)(O)OCC(O)COC(=O)CCCCCCCCCCCCCCCCCCCCC. The summed E-state index contributed by atoms with van der Waals surface area (Å²) in [6.07, 6.45) is 54.5. The van der Waals surface area contributed by atoms with Crippen molar-refractivity contribution >= 4 is 27.6 Å². The van der Waals surface area contributed by atoms with Crippen LogP contribution in [0.25, 0.3) is 0 Å². The molecule has 5 atom stereocenters. The number of ether oxygens (including phenoxy) is 2. The summed E-state index contributed by atoms with van der Waals surface area (Å²) in [5.41, 5.74) is 0. The third-order valence-corrected chi connectivity index (χ3v) is 12.8. The van der Waals surface area contributed by atoms with Gasteiger partial charge in [-0.05, 0) is 51.4 Å². The zero-order chi connectivity index (χ0) is 53.1. The van der Waals surface area contributed by atoms with Gasteiger partial charge in [0.15, 0.2) is 0 Å². The lowest BCUT2D eigenvalue weighted by Crippen LogP contribution is -2.25. The second-order valence-corrected chi connectivity index (χ2v) is 20.8. The van der Waals surface area contributed by atoms with Crippen molar-refractivity contribution in [3.8, 4) is 0 Å². The molecule has 0 aromatic heterocycles. The zero-order valence-electron chi connectivity index (χ0n) is 44.1. The average Bonchev–Trinajstić information content (AvgIpc) is 3.36. The monoisotopic (exact) mass is 1060 g/mol. The number of hydrogen-bond donors (Lipinski definition) is 5. The maximum absolute atomic E-state index is 12.2. The van der Waals surface area contributed by atoms with Crippen LogP contribution in [-0.4, -0.2) is 95.0 Å². The number of phosphoric acid groups is 2. The van der Waals surface area contributed by atoms with Crippen LogP contribution in [0.1, 0.15) is 194 Å². The molecule has 5 N–H and O–H groups in total. The van der Waals surface area contributed by atoms with Crippen molar-refractivity contribution < 1.29 is 71.4 Å². The van der Waals surface area contributed by atoms with Crippen molar-refractivity contribution in [2.45, 2.75) is 212 Å². The van der Waals surface area contributed by atoms with Crippen molar-refractivity contribution in [2.75, 3.05) is 39.6 Å². The Labute approximate surface area is 434 Å². The van der Waals surface area contributed by atoms with Crippen LogP contribution >= 0.6 is 15.6 Å². The van der Waals surface area contributed by atoms with Crippen LogP contribution < -0.4 is 0 Å². The van der Waals surface area contributed by atoms with E-state index in [4.69, 9.17) is 14.0 Å². The molecule has 0 aromatic carbocycles. The first-order valence-corrected chi connectivity index (χ1v) is 29.9. The van der Waals surface area contributed by atoms with E-state index in [0.717, 1.165) is 57.8 Å². The van der Waals surface area contributed by atoms with Crippen molar-refractivity contribution in [3.63, 3.8) is 0 Å². The number of unbranched alkanes of at least 4 members (excludes halogenated alkanes) is 18. The fraction of sp³-hybridized carbons (Fsp3) is 0.709. The number of hydrogen-bond acceptors (Lipinski definition) is 13. The molecule has 416 valence electrons. The molecule has 0 bridgehead atoms. The predicted octanol–water partition coefficient (Wildman–Crippen LogP) is 13.3. The minimum atomic E-state index is -4.81. The van der Waals surface area contributed by atoms with Gasteiger partial charge < -0.3 is 34.6 Å². The maximum Gasteiger partial charge on any atom is 0.472 e. The fourth-order valence-corrected chi connectivity index (χ4v) is 8.36. The van der Waals surface area contributed by atoms with E-state index < -0.39 is 85.5 Å². The van der Waals surface area contributed by atoms with E-state index in [2.05, 4.69) is 88.2 Å². The third-order valence-electron chi connectivity index (χ3n) is 10.9. The van der Waals surface area contributed by atoms with E-state index in [-0.39, 0.29) is 12.8 Å². The first-order valence-electron chi connectivity index (χ1n) is 26.9. The van der Waals surface area contributed by atoms with Gasteiger partial charge in [0, 0.05) is 6.42 Å². The van der Waals surface area contributed by atoms with Crippen molar-refractivity contribution in [1.82, 2.24) is 0 Å². The molecule has 72 heavy (non-hydrogen) atoms. The van der Waals surface area contributed by atoms with Gasteiger partial charge in [0.1, 0.15) is 31.5 Å². The maximum atomic E-state index is 12.2. The quantitative estimate of drug-likeness (QED) is 0.0165. The van der Waals surface area contributed by atoms with Gasteiger partial charge >= 0.3 is 27.6 Å². The van der Waals surface area contributed by atoms with Crippen LogP contribution in [0.4, 0.5) is 0 Å². The Morgan fingerprint density at radius 3 is 0.958 bits per heavy atom. The normalized spacial score (nSPS) is 15.5. The summed E-state index contributed by atoms with van der Waals surface area (Å²) < 4.78 is 53.0. The van der Waals surface area contributed by atoms with Gasteiger partial charge in [-0.25, -0.2) is 9.13 Å². The van der Waals surface area contributed by atoms with Crippen molar-refractivity contribution in [3.05, 3.63) is 85.1 Å². The predicted molar refractivity (Wildman–Crippen MR) is 288 cm³/mol. The van der Waals surface area contributed by atoms with Gasteiger partial charge in [-0.2, -0.15) is 0 Å². The van der Waals surface area contributed by atoms with Crippen LogP contribution in [0.15, 0.2) is 85.1 Å². The number of carbonyl (C=O) groups is 2. The lowest BCUT2D eigenvalue weighted by Gasteiger charge is -2.19. The Kier molecular flexibility index (Phi) is 48.4. The van der Waals surface area contributed by atoms with E-state index in [1.807, 2.05) is 12.2 Å². The topological polar surface area (TPSA) is 225 Å². The summed E-state index contributed by atoms with van der Waals surface area (Å²) in [6, 6.07) is 0. The van der Waals surface area contributed by atoms with Crippen LogP contribution in [0.3, 0.4) is 0 Å². The Balaban J connectivity index is 3.93. The number of aliphatic hydroxyl groups is 3. The number of esters is 2. The average molecular weight is 1060 g/mol. The van der Waals surface area contributed by atoms with E-state index in [1.165, 1.54) is 96.3 Å². The number of carbonyl (C=O) groups excluding carboxylic acids is 2. The Hall–Kier alpha value is -2.78. The summed E-state index contributed by atoms with van der Waals surface area (Å²) >= 11 is 0. The minimum absolute atomic E-state index is 0.0424. The highest BCUT2D eigenvalue weighted by atomic mass is 31.2. The molecule has 0 aromatic rings. The molecule has 0 aliphatic carbocycles. The minimum Gasteiger partial charge on any atom is -0.463 e. The molecule has 0 saturated carbocycles. The Morgan fingerprint density at radius 1 is 0.375 bits per heavy atom. The summed E-state index contributed by atoms with van der Waals surface area (Å²) in [7, 11) is -9.61. The number of aliphatic hydroxyl groups excluding tert-OH is 3. The molecular formula is C55H96O15P2. The Morgan fingerprint density at radius 2 is 0.639 bits per heavy atom. The fourth-order valence-electron chi connectivity index (χ4n) is 6.77. The second kappa shape index (κ2) is 50.4. The Bertz CT molecular complexity index is 1610. The van der Waals surface area contributed by atoms with Crippen LogP contribution in [0.5, 0.6) is 0 Å². The number of allylic oxidation sites excluding steroid dienone is 13. The highest BCUT2D eigenvalue weighted by Gasteiger charge is 2.28. The molecule has 0 aliphatic rings. The molecule has 0 aliphatic heterocycles. The number of phosphoric ester groups is 2. The van der Waals surface area contributed by atoms with E-state index in [1.54, 1.807) is 12.2 Å². The van der Waals surface area contributed by atoms with Crippen LogP contribution in [0, 0.1) is 0 Å². The molecule has 5 unspecified atom stereocenters. The molecule has 0 spiro atoms. The summed E-state index contributed by atoms with van der Waals surface area (Å²) in [4.78, 5) is 43.8. The number of rotatable bonds is 51. The first-order chi connectivity index (χ1) is 34.8. The molecule has 0 saturated heterocycles. The molecular weight excluding hydrogens is 963 g/mol. The molecule has 17 heteroatoms. The van der Waals surface area contributed by atoms with Crippen molar-refractivity contribution in [2.24, 2.45) is 0 Å². The summed E-state index contributed by atoms with van der Waals surface area (Å²) in [5.74, 6) is -1.12. The van der Waals surface area contributed by atoms with E-state index >= 15 is 0 Å². The molecule has 15 nitrogen and oxygen atoms in total. The van der Waals surface area contributed by atoms with E-state index in [0.29, 0.717) is 12.8 Å². The highest BCUT2D eigenvalue weighted by Crippen LogP contribution is 2.45. The molecule has 0 radical (unpaired) electrons. The highest BCUT2D eigenvalue weighted by molar-refractivity contribution is 7.47. The molecule has 0 fully saturated rings. The molecule has 0 heterocycles. The molecule has 0 amide bonds. The van der Waals surface area contributed by atoms with E-state index in [9.17, 15) is 43.8 Å². The van der Waals surface area contributed by atoms with Gasteiger partial charge in [-0.15, -0.1) is 0 Å². The van der Waals surface area contributed by atoms with Crippen LogP contribution in [0.2, 0.25) is 0 Å². The zero-order valence-corrected chi connectivity index (χ0v) is 45.9. The summed E-state index contributed by atoms with van der Waals surface area (Å²) in [6.45, 7) is 0.208. The van der Waals surface area contributed by atoms with Gasteiger partial charge in [0.25, 0.3) is 0 Å². The van der Waals surface area contributed by atoms with Gasteiger partial charge in [-0.3, -0.25) is 27.7 Å². The molecule has 0 rings (SSSR count). The van der Waals surface area contributed by atoms with Gasteiger partial charge in [0.05, 0.1) is 32.8 Å². The lowest BCUT2D eigenvalue weighted by atomic mass is 10.0. The second-order valence-electron chi connectivity index (χ2n) is 17.9.